The predicted octanol–water partition coefficient (Wildman–Crippen LogP) is -3.10. The number of ether oxygens (including phenoxy) is 3. The minimum absolute atomic E-state index is 0.709. The summed E-state index contributed by atoms with van der Waals surface area (Å²) in [6.45, 7) is -1.35. The van der Waals surface area contributed by atoms with Gasteiger partial charge in [0, 0.05) is 11.8 Å². The van der Waals surface area contributed by atoms with Crippen LogP contribution in [0.1, 0.15) is 13.8 Å². The summed E-state index contributed by atoms with van der Waals surface area (Å²) in [7, 11) is -46.3. The average Bonchev–Trinajstić information content (AvgIpc) is 2.98. The second-order valence-corrected chi connectivity index (χ2v) is 22.0. The molecule has 364 valence electrons. The number of phosphoric acid groups is 8. The van der Waals surface area contributed by atoms with Crippen LogP contribution < -0.4 is 0 Å². The van der Waals surface area contributed by atoms with E-state index in [9.17, 15) is 115 Å². The van der Waals surface area contributed by atoms with Crippen LogP contribution in [0.4, 0.5) is 0 Å². The van der Waals surface area contributed by atoms with E-state index in [0.29, 0.717) is 0 Å². The zero-order chi connectivity index (χ0) is 47.5. The van der Waals surface area contributed by atoms with E-state index in [-0.39, 0.29) is 0 Å². The molecule has 0 heterocycles. The van der Waals surface area contributed by atoms with Crippen LogP contribution in [0.5, 0.6) is 0 Å². The van der Waals surface area contributed by atoms with Crippen molar-refractivity contribution in [1.29, 1.82) is 0 Å². The van der Waals surface area contributed by atoms with Gasteiger partial charge in [-0.05, 0) is 0 Å². The Hall–Kier alpha value is 0.760. The third-order valence-electron chi connectivity index (χ3n) is 7.81. The SMILES string of the molecule is C[C@@H]1[C@H](OCCOCCO[C@H]2[C@@H](OP(=O)(O)O)[C@H](OP(=O)(O)O)[C@@H](OP(=O)(O)O)[C@H](C)[C@H]2OP(=O)(O)O)[C@H](OP(=O)(O)O)[C@@H](OP(=O)(O)O)[C@H](OP(=O)(O)O)[C@H]1OP(=O)(O)O. The summed E-state index contributed by atoms with van der Waals surface area (Å²) < 4.78 is 147. The molecule has 12 atom stereocenters. The van der Waals surface area contributed by atoms with Gasteiger partial charge >= 0.3 is 62.6 Å². The summed E-state index contributed by atoms with van der Waals surface area (Å²) >= 11 is 0. The molecule has 0 saturated heterocycles. The Labute approximate surface area is 340 Å². The van der Waals surface area contributed by atoms with E-state index in [0.717, 1.165) is 13.8 Å². The van der Waals surface area contributed by atoms with E-state index < -0.39 is 162 Å². The monoisotopic (exact) mass is 1070 g/mol. The molecule has 0 aromatic carbocycles. The van der Waals surface area contributed by atoms with Crippen LogP contribution in [0, 0.1) is 11.8 Å². The molecule has 2 fully saturated rings. The van der Waals surface area contributed by atoms with Crippen molar-refractivity contribution < 1.29 is 165 Å². The molecule has 0 unspecified atom stereocenters. The lowest BCUT2D eigenvalue weighted by Crippen LogP contribution is -2.63. The van der Waals surface area contributed by atoms with Gasteiger partial charge in [-0.15, -0.1) is 0 Å². The van der Waals surface area contributed by atoms with Crippen molar-refractivity contribution in [3.8, 4) is 0 Å². The molecule has 2 aliphatic rings. The minimum atomic E-state index is -5.89. The number of rotatable bonds is 24. The van der Waals surface area contributed by atoms with Crippen molar-refractivity contribution in [3.63, 3.8) is 0 Å². The number of phosphoric ester groups is 8. The molecular formula is C18H42O35P8. The van der Waals surface area contributed by atoms with Crippen molar-refractivity contribution in [2.45, 2.75) is 74.9 Å². The molecule has 0 bridgehead atoms. The maximum absolute atomic E-state index is 11.9. The number of hydrogen-bond donors (Lipinski definition) is 16. The summed E-state index contributed by atoms with van der Waals surface area (Å²) in [5, 5.41) is 0. The Morgan fingerprint density at radius 1 is 0.279 bits per heavy atom. The third-order valence-corrected chi connectivity index (χ3v) is 12.0. The van der Waals surface area contributed by atoms with Crippen LogP contribution in [0.15, 0.2) is 0 Å². The van der Waals surface area contributed by atoms with E-state index >= 15 is 0 Å². The van der Waals surface area contributed by atoms with E-state index in [1.54, 1.807) is 0 Å². The maximum atomic E-state index is 11.9. The first-order valence-corrected chi connectivity index (χ1v) is 28.0. The van der Waals surface area contributed by atoms with Gasteiger partial charge in [0.25, 0.3) is 0 Å². The fourth-order valence-corrected chi connectivity index (χ4v) is 10.7. The largest absolute Gasteiger partial charge is 0.470 e. The summed E-state index contributed by atoms with van der Waals surface area (Å²) in [5.74, 6) is -3.61. The molecule has 0 spiro atoms. The molecule has 0 aromatic rings. The van der Waals surface area contributed by atoms with Crippen LogP contribution in [-0.2, 0) is 86.9 Å². The Balaban J connectivity index is 2.42. The van der Waals surface area contributed by atoms with Gasteiger partial charge in [-0.2, -0.15) is 0 Å². The molecule has 16 N–H and O–H groups in total. The van der Waals surface area contributed by atoms with Gasteiger partial charge in [-0.25, -0.2) is 36.5 Å². The number of hydrogen-bond acceptors (Lipinski definition) is 19. The van der Waals surface area contributed by atoms with Crippen molar-refractivity contribution >= 4 is 62.6 Å². The van der Waals surface area contributed by atoms with Crippen LogP contribution in [0.3, 0.4) is 0 Å². The first-order chi connectivity index (χ1) is 27.1. The van der Waals surface area contributed by atoms with E-state index in [2.05, 4.69) is 36.2 Å². The Kier molecular flexibility index (Phi) is 20.7. The van der Waals surface area contributed by atoms with Gasteiger partial charge < -0.3 is 92.5 Å². The van der Waals surface area contributed by atoms with Crippen LogP contribution in [0.25, 0.3) is 0 Å². The van der Waals surface area contributed by atoms with Crippen molar-refractivity contribution in [3.05, 3.63) is 0 Å². The first kappa shape index (κ1) is 57.9. The highest BCUT2D eigenvalue weighted by molar-refractivity contribution is 7.48. The van der Waals surface area contributed by atoms with E-state index in [1.807, 2.05) is 0 Å². The summed E-state index contributed by atoms with van der Waals surface area (Å²) in [6, 6.07) is 0. The molecule has 61 heavy (non-hydrogen) atoms. The topological polar surface area (TPSA) is 562 Å². The van der Waals surface area contributed by atoms with Gasteiger partial charge in [-0.3, -0.25) is 36.2 Å². The Bertz CT molecular complexity index is 1830. The van der Waals surface area contributed by atoms with Gasteiger partial charge in [0.1, 0.15) is 54.9 Å². The fourth-order valence-electron chi connectivity index (χ4n) is 6.05. The second-order valence-electron chi connectivity index (χ2n) is 12.5. The highest BCUT2D eigenvalue weighted by Crippen LogP contribution is 2.56. The first-order valence-electron chi connectivity index (χ1n) is 15.8. The standard InChI is InChI=1S/C18H42O35P8/c1-7-9(14(49-57(28,29)30)18(53-61(40,41)42)16(51-59(34,35)36)11(7)47-55(22,23)24)44-5-3-43-4-6-45-13-10(46-54(19,20)21)8(2)12(48-56(25,26)27)15(50-58(31,32)33)17(13)52-60(37,38)39/h7-18H,3-6H2,1-2H3,(H2,19,20,21)(H2,22,23,24)(H2,25,26,27)(H2,28,29,30)(H2,31,32,33)(H2,34,35,36)(H2,37,38,39)(H2,40,41,42)/t7-,8-,9+,10-,11+,12+,13-,14+,15-,16-,17-,18-/m1/s1. The molecule has 2 aliphatic carbocycles. The molecule has 0 amide bonds. The lowest BCUT2D eigenvalue weighted by atomic mass is 9.79. The molecule has 2 saturated carbocycles. The summed E-state index contributed by atoms with van der Waals surface area (Å²) in [5.41, 5.74) is 0. The van der Waals surface area contributed by atoms with Crippen LogP contribution in [-0.4, -0.2) is 166 Å². The molecule has 0 aliphatic heterocycles. The lowest BCUT2D eigenvalue weighted by Gasteiger charge is -2.48. The molecule has 43 heteroatoms. The highest BCUT2D eigenvalue weighted by Gasteiger charge is 2.60. The Morgan fingerprint density at radius 2 is 0.459 bits per heavy atom. The lowest BCUT2D eigenvalue weighted by molar-refractivity contribution is -0.206. The van der Waals surface area contributed by atoms with Gasteiger partial charge in [0.15, 0.2) is 0 Å². The molecule has 0 radical (unpaired) electrons. The zero-order valence-corrected chi connectivity index (χ0v) is 37.4. The van der Waals surface area contributed by atoms with Crippen molar-refractivity contribution in [2.24, 2.45) is 11.8 Å². The average molecular weight is 1070 g/mol. The van der Waals surface area contributed by atoms with Crippen molar-refractivity contribution in [1.82, 2.24) is 0 Å². The molecule has 35 nitrogen and oxygen atoms in total. The van der Waals surface area contributed by atoms with E-state index in [4.69, 9.17) is 14.2 Å². The van der Waals surface area contributed by atoms with Gasteiger partial charge in [0.05, 0.1) is 32.5 Å². The highest BCUT2D eigenvalue weighted by atomic mass is 31.2. The smallest absolute Gasteiger partial charge is 0.377 e. The zero-order valence-electron chi connectivity index (χ0n) is 30.2. The normalized spacial score (nSPS) is 31.6. The van der Waals surface area contributed by atoms with Gasteiger partial charge in [-0.1, -0.05) is 13.8 Å². The molecule has 2 rings (SSSR count). The Morgan fingerprint density at radius 3 is 0.738 bits per heavy atom. The maximum Gasteiger partial charge on any atom is 0.470 e. The summed E-state index contributed by atoms with van der Waals surface area (Å²) in [4.78, 5) is 152. The quantitative estimate of drug-likeness (QED) is 0.0336. The molecular weight excluding hydrogens is 1020 g/mol. The van der Waals surface area contributed by atoms with E-state index in [1.165, 1.54) is 0 Å². The molecule has 0 aromatic heterocycles. The second kappa shape index (κ2) is 21.8. The minimum Gasteiger partial charge on any atom is -0.377 e. The summed E-state index contributed by atoms with van der Waals surface area (Å²) in [6.07, 6.45) is -24.6. The fraction of sp³-hybridized carbons (Fsp3) is 1.00. The predicted molar refractivity (Wildman–Crippen MR) is 184 cm³/mol. The van der Waals surface area contributed by atoms with Gasteiger partial charge in [0.2, 0.25) is 0 Å². The van der Waals surface area contributed by atoms with Crippen molar-refractivity contribution in [2.75, 3.05) is 26.4 Å². The third kappa shape index (κ3) is 21.5. The van der Waals surface area contributed by atoms with Crippen LogP contribution >= 0.6 is 62.6 Å². The van der Waals surface area contributed by atoms with Crippen LogP contribution in [0.2, 0.25) is 0 Å².